The molecule has 0 aromatic carbocycles. The summed E-state index contributed by atoms with van der Waals surface area (Å²) in [5.74, 6) is 1.28. The van der Waals surface area contributed by atoms with E-state index in [1.54, 1.807) is 0 Å². The van der Waals surface area contributed by atoms with Gasteiger partial charge in [0.05, 0.1) is 19.3 Å². The van der Waals surface area contributed by atoms with Gasteiger partial charge in [0.25, 0.3) is 0 Å². The smallest absolute Gasteiger partial charge is 0.0607 e. The number of hydrogen-bond donors (Lipinski definition) is 3. The first kappa shape index (κ1) is 14.9. The third kappa shape index (κ3) is 7.77. The van der Waals surface area contributed by atoms with Crippen LogP contribution in [-0.2, 0) is 0 Å². The lowest BCUT2D eigenvalue weighted by Gasteiger charge is -2.26. The van der Waals surface area contributed by atoms with Crippen LogP contribution in [-0.4, -0.2) is 35.5 Å². The van der Waals surface area contributed by atoms with E-state index in [0.29, 0.717) is 17.9 Å². The number of aliphatic hydroxyl groups excluding tert-OH is 2. The Kier molecular flexibility index (Phi) is 8.02. The highest BCUT2D eigenvalue weighted by atomic mass is 16.3. The maximum Gasteiger partial charge on any atom is 0.0607 e. The van der Waals surface area contributed by atoms with Crippen LogP contribution in [0.1, 0.15) is 40.5 Å². The van der Waals surface area contributed by atoms with Gasteiger partial charge >= 0.3 is 0 Å². The van der Waals surface area contributed by atoms with E-state index in [9.17, 15) is 0 Å². The molecule has 0 rings (SSSR count). The molecule has 92 valence electrons. The summed E-state index contributed by atoms with van der Waals surface area (Å²) in [6.07, 6.45) is 2.18. The summed E-state index contributed by atoms with van der Waals surface area (Å²) >= 11 is 0. The molecule has 0 aliphatic rings. The van der Waals surface area contributed by atoms with E-state index in [4.69, 9.17) is 10.2 Å². The lowest BCUT2D eigenvalue weighted by Crippen LogP contribution is -2.44. The fraction of sp³-hybridized carbons (Fsp3) is 1.00. The molecule has 0 radical (unpaired) electrons. The Hall–Kier alpha value is -0.120. The largest absolute Gasteiger partial charge is 0.395 e. The molecule has 15 heavy (non-hydrogen) atoms. The van der Waals surface area contributed by atoms with Crippen LogP contribution in [0.5, 0.6) is 0 Å². The first-order valence-electron chi connectivity index (χ1n) is 5.97. The molecule has 0 fully saturated rings. The number of rotatable bonds is 8. The molecule has 3 N–H and O–H groups in total. The normalized spacial score (nSPS) is 12.4. The van der Waals surface area contributed by atoms with Gasteiger partial charge in [0.15, 0.2) is 0 Å². The molecule has 3 heteroatoms. The summed E-state index contributed by atoms with van der Waals surface area (Å²) in [5.41, 5.74) is 0. The van der Waals surface area contributed by atoms with E-state index >= 15 is 0 Å². The van der Waals surface area contributed by atoms with Crippen LogP contribution in [0.2, 0.25) is 0 Å². The minimum atomic E-state index is -0.174. The van der Waals surface area contributed by atoms with Crippen molar-refractivity contribution < 1.29 is 10.2 Å². The minimum Gasteiger partial charge on any atom is -0.395 e. The monoisotopic (exact) mass is 217 g/mol. The molecule has 0 heterocycles. The number of aliphatic hydroxyl groups is 2. The molecule has 0 spiro atoms. The van der Waals surface area contributed by atoms with Crippen molar-refractivity contribution in [2.75, 3.05) is 13.2 Å². The van der Waals surface area contributed by atoms with Crippen molar-refractivity contribution in [3.63, 3.8) is 0 Å². The Labute approximate surface area is 93.9 Å². The van der Waals surface area contributed by atoms with Gasteiger partial charge in [-0.25, -0.2) is 0 Å². The third-order valence-electron chi connectivity index (χ3n) is 2.42. The summed E-state index contributed by atoms with van der Waals surface area (Å²) < 4.78 is 0. The van der Waals surface area contributed by atoms with Crippen molar-refractivity contribution >= 4 is 0 Å². The van der Waals surface area contributed by atoms with Gasteiger partial charge in [-0.3, -0.25) is 0 Å². The van der Waals surface area contributed by atoms with Crippen molar-refractivity contribution in [3.05, 3.63) is 0 Å². The standard InChI is InChI=1S/C12H27NO2/c1-9(2)5-11(6-10(3)4)13-12(7-14)8-15/h9-15H,5-8H2,1-4H3. The Morgan fingerprint density at radius 3 is 1.47 bits per heavy atom. The van der Waals surface area contributed by atoms with Gasteiger partial charge in [-0.2, -0.15) is 0 Å². The summed E-state index contributed by atoms with van der Waals surface area (Å²) in [7, 11) is 0. The molecule has 0 saturated carbocycles. The summed E-state index contributed by atoms with van der Waals surface area (Å²) in [5, 5.41) is 21.4. The predicted octanol–water partition coefficient (Wildman–Crippen LogP) is 1.39. The maximum absolute atomic E-state index is 9.02. The molecular weight excluding hydrogens is 190 g/mol. The average molecular weight is 217 g/mol. The van der Waals surface area contributed by atoms with E-state index in [1.165, 1.54) is 0 Å². The van der Waals surface area contributed by atoms with Gasteiger partial charge in [0, 0.05) is 6.04 Å². The van der Waals surface area contributed by atoms with Gasteiger partial charge in [-0.15, -0.1) is 0 Å². The second-order valence-electron chi connectivity index (χ2n) is 5.18. The number of hydrogen-bond acceptors (Lipinski definition) is 3. The zero-order valence-electron chi connectivity index (χ0n) is 10.5. The van der Waals surface area contributed by atoms with Crippen LogP contribution in [0, 0.1) is 11.8 Å². The van der Waals surface area contributed by atoms with Crippen molar-refractivity contribution in [1.29, 1.82) is 0 Å². The summed E-state index contributed by atoms with van der Waals surface area (Å²) in [6, 6.07) is 0.224. The lowest BCUT2D eigenvalue weighted by atomic mass is 9.95. The lowest BCUT2D eigenvalue weighted by molar-refractivity contribution is 0.154. The van der Waals surface area contributed by atoms with E-state index < -0.39 is 0 Å². The molecule has 0 saturated heterocycles. The first-order chi connectivity index (χ1) is 6.99. The molecule has 0 atom stereocenters. The third-order valence-corrected chi connectivity index (χ3v) is 2.42. The predicted molar refractivity (Wildman–Crippen MR) is 63.8 cm³/mol. The molecule has 0 unspecified atom stereocenters. The molecule has 0 aromatic rings. The van der Waals surface area contributed by atoms with E-state index in [0.717, 1.165) is 12.8 Å². The van der Waals surface area contributed by atoms with Gasteiger partial charge in [0.1, 0.15) is 0 Å². The fourth-order valence-electron chi connectivity index (χ4n) is 1.87. The van der Waals surface area contributed by atoms with E-state index in [-0.39, 0.29) is 19.3 Å². The Morgan fingerprint density at radius 1 is 0.800 bits per heavy atom. The molecule has 0 amide bonds. The van der Waals surface area contributed by atoms with Gasteiger partial charge in [-0.1, -0.05) is 27.7 Å². The molecule has 0 aliphatic carbocycles. The second kappa shape index (κ2) is 8.08. The number of nitrogens with one attached hydrogen (secondary N) is 1. The minimum absolute atomic E-state index is 0.00317. The highest BCUT2D eigenvalue weighted by Gasteiger charge is 2.16. The van der Waals surface area contributed by atoms with Gasteiger partial charge < -0.3 is 15.5 Å². The van der Waals surface area contributed by atoms with Crippen molar-refractivity contribution in [3.8, 4) is 0 Å². The van der Waals surface area contributed by atoms with E-state index in [1.807, 2.05) is 0 Å². The SMILES string of the molecule is CC(C)CC(CC(C)C)NC(CO)CO. The van der Waals surface area contributed by atoms with Crippen molar-refractivity contribution in [1.82, 2.24) is 5.32 Å². The quantitative estimate of drug-likeness (QED) is 0.576. The van der Waals surface area contributed by atoms with Crippen LogP contribution in [0.3, 0.4) is 0 Å². The van der Waals surface area contributed by atoms with Crippen LogP contribution in [0.25, 0.3) is 0 Å². The van der Waals surface area contributed by atoms with Crippen molar-refractivity contribution in [2.24, 2.45) is 11.8 Å². The molecule has 0 aliphatic heterocycles. The summed E-state index contributed by atoms with van der Waals surface area (Å²) in [6.45, 7) is 8.79. The topological polar surface area (TPSA) is 52.5 Å². The average Bonchev–Trinajstić information content (AvgIpc) is 2.11. The Bertz CT molecular complexity index is 135. The Balaban J connectivity index is 4.09. The zero-order chi connectivity index (χ0) is 11.8. The molecule has 3 nitrogen and oxygen atoms in total. The Morgan fingerprint density at radius 2 is 1.20 bits per heavy atom. The van der Waals surface area contributed by atoms with Crippen LogP contribution in [0.4, 0.5) is 0 Å². The zero-order valence-corrected chi connectivity index (χ0v) is 10.5. The fourth-order valence-corrected chi connectivity index (χ4v) is 1.87. The van der Waals surface area contributed by atoms with Crippen LogP contribution >= 0.6 is 0 Å². The second-order valence-corrected chi connectivity index (χ2v) is 5.18. The highest BCUT2D eigenvalue weighted by molar-refractivity contribution is 4.75. The molecule has 0 aromatic heterocycles. The molecular formula is C12H27NO2. The van der Waals surface area contributed by atoms with Gasteiger partial charge in [-0.05, 0) is 24.7 Å². The first-order valence-corrected chi connectivity index (χ1v) is 5.97. The van der Waals surface area contributed by atoms with Gasteiger partial charge in [0.2, 0.25) is 0 Å². The molecule has 0 bridgehead atoms. The van der Waals surface area contributed by atoms with Crippen LogP contribution < -0.4 is 5.32 Å². The van der Waals surface area contributed by atoms with E-state index in [2.05, 4.69) is 33.0 Å². The highest BCUT2D eigenvalue weighted by Crippen LogP contribution is 2.13. The summed E-state index contributed by atoms with van der Waals surface area (Å²) in [4.78, 5) is 0. The van der Waals surface area contributed by atoms with Crippen molar-refractivity contribution in [2.45, 2.75) is 52.6 Å². The van der Waals surface area contributed by atoms with Crippen LogP contribution in [0.15, 0.2) is 0 Å². The maximum atomic E-state index is 9.02.